The number of rotatable bonds is 5. The van der Waals surface area contributed by atoms with E-state index in [0.717, 1.165) is 22.7 Å². The van der Waals surface area contributed by atoms with Crippen LogP contribution in [0.2, 0.25) is 0 Å². The lowest BCUT2D eigenvalue weighted by atomic mass is 9.98. The first-order valence-electron chi connectivity index (χ1n) is 16.7. The molecule has 3 heteroatoms. The van der Waals surface area contributed by atoms with E-state index in [1.807, 2.05) is 11.3 Å². The Balaban J connectivity index is 1.12. The van der Waals surface area contributed by atoms with Crippen molar-refractivity contribution in [2.45, 2.75) is 0 Å². The highest BCUT2D eigenvalue weighted by molar-refractivity contribution is 7.26. The molecule has 0 fully saturated rings. The number of hydrogen-bond donors (Lipinski definition) is 0. The van der Waals surface area contributed by atoms with Crippen LogP contribution in [0.5, 0.6) is 0 Å². The molecule has 0 spiro atoms. The van der Waals surface area contributed by atoms with Gasteiger partial charge in [0, 0.05) is 48.0 Å². The predicted octanol–water partition coefficient (Wildman–Crippen LogP) is 13.4. The van der Waals surface area contributed by atoms with Crippen LogP contribution in [-0.2, 0) is 0 Å². The maximum Gasteiger partial charge on any atom is 0.0562 e. The lowest BCUT2D eigenvalue weighted by Gasteiger charge is -2.26. The van der Waals surface area contributed by atoms with Crippen LogP contribution in [0.15, 0.2) is 182 Å². The summed E-state index contributed by atoms with van der Waals surface area (Å²) in [6.45, 7) is 0. The molecule has 0 aliphatic rings. The summed E-state index contributed by atoms with van der Waals surface area (Å²) in [5.74, 6) is 0. The zero-order chi connectivity index (χ0) is 32.3. The molecule has 8 aromatic carbocycles. The SMILES string of the molecule is c1ccc(N(c2ccc(-c3ccc4c(ccc5sc6ccccc6c54)c3)cc2)c2cccc3c2c2ccccc2n3-c2ccccc2)cc1. The van der Waals surface area contributed by atoms with Gasteiger partial charge in [-0.25, -0.2) is 0 Å². The number of nitrogens with zero attached hydrogens (tertiary/aromatic N) is 2. The molecule has 0 aliphatic carbocycles. The van der Waals surface area contributed by atoms with E-state index in [4.69, 9.17) is 0 Å². The van der Waals surface area contributed by atoms with Gasteiger partial charge in [-0.2, -0.15) is 0 Å². The fourth-order valence-corrected chi connectivity index (χ4v) is 8.70. The van der Waals surface area contributed by atoms with Crippen molar-refractivity contribution in [2.24, 2.45) is 0 Å². The molecule has 0 saturated carbocycles. The number of aromatic nitrogens is 1. The minimum atomic E-state index is 1.12. The van der Waals surface area contributed by atoms with Gasteiger partial charge in [0.2, 0.25) is 0 Å². The second-order valence-corrected chi connectivity index (χ2v) is 13.6. The summed E-state index contributed by atoms with van der Waals surface area (Å²) in [5, 5.41) is 7.75. The fraction of sp³-hybridized carbons (Fsp3) is 0. The number of hydrogen-bond acceptors (Lipinski definition) is 2. The maximum atomic E-state index is 2.40. The van der Waals surface area contributed by atoms with E-state index in [-0.39, 0.29) is 0 Å². The number of anilines is 3. The number of benzene rings is 8. The van der Waals surface area contributed by atoms with E-state index in [1.54, 1.807) is 0 Å². The molecule has 0 radical (unpaired) electrons. The normalized spacial score (nSPS) is 11.7. The molecule has 49 heavy (non-hydrogen) atoms. The summed E-state index contributed by atoms with van der Waals surface area (Å²) in [4.78, 5) is 2.40. The minimum Gasteiger partial charge on any atom is -0.310 e. The Morgan fingerprint density at radius 2 is 1.08 bits per heavy atom. The Bertz CT molecular complexity index is 2810. The topological polar surface area (TPSA) is 8.17 Å². The first-order chi connectivity index (χ1) is 24.3. The van der Waals surface area contributed by atoms with E-state index in [0.29, 0.717) is 0 Å². The average Bonchev–Trinajstić information content (AvgIpc) is 3.72. The first kappa shape index (κ1) is 27.9. The van der Waals surface area contributed by atoms with Gasteiger partial charge in [-0.05, 0) is 94.7 Å². The second-order valence-electron chi connectivity index (χ2n) is 12.6. The Labute approximate surface area is 288 Å². The number of fused-ring (bicyclic) bond motifs is 8. The molecule has 230 valence electrons. The van der Waals surface area contributed by atoms with E-state index in [1.165, 1.54) is 63.9 Å². The smallest absolute Gasteiger partial charge is 0.0562 e. The molecular formula is C46H30N2S. The molecule has 0 saturated heterocycles. The van der Waals surface area contributed by atoms with Gasteiger partial charge >= 0.3 is 0 Å². The molecule has 0 bridgehead atoms. The maximum absolute atomic E-state index is 2.40. The highest BCUT2D eigenvalue weighted by Gasteiger charge is 2.21. The van der Waals surface area contributed by atoms with Crippen molar-refractivity contribution >= 4 is 81.1 Å². The molecule has 2 aromatic heterocycles. The quantitative estimate of drug-likeness (QED) is 0.181. The van der Waals surface area contributed by atoms with Gasteiger partial charge in [-0.3, -0.25) is 0 Å². The molecule has 0 N–H and O–H groups in total. The van der Waals surface area contributed by atoms with Crippen LogP contribution >= 0.6 is 11.3 Å². The van der Waals surface area contributed by atoms with Crippen LogP contribution in [0.25, 0.3) is 69.6 Å². The molecule has 0 unspecified atom stereocenters. The van der Waals surface area contributed by atoms with Gasteiger partial charge in [0.1, 0.15) is 0 Å². The third-order valence-electron chi connectivity index (χ3n) is 9.76. The van der Waals surface area contributed by atoms with Crippen LogP contribution in [-0.4, -0.2) is 4.57 Å². The molecule has 0 atom stereocenters. The average molecular weight is 643 g/mol. The van der Waals surface area contributed by atoms with Crippen LogP contribution < -0.4 is 4.90 Å². The molecule has 2 heterocycles. The second kappa shape index (κ2) is 11.2. The zero-order valence-electron chi connectivity index (χ0n) is 26.6. The van der Waals surface area contributed by atoms with Crippen molar-refractivity contribution in [3.63, 3.8) is 0 Å². The third-order valence-corrected chi connectivity index (χ3v) is 10.9. The molecule has 0 amide bonds. The van der Waals surface area contributed by atoms with Gasteiger partial charge in [0.15, 0.2) is 0 Å². The zero-order valence-corrected chi connectivity index (χ0v) is 27.4. The Kier molecular flexibility index (Phi) is 6.39. The van der Waals surface area contributed by atoms with Crippen molar-refractivity contribution in [1.29, 1.82) is 0 Å². The summed E-state index contributed by atoms with van der Waals surface area (Å²) in [5.41, 5.74) is 9.35. The summed E-state index contributed by atoms with van der Waals surface area (Å²) >= 11 is 1.87. The lowest BCUT2D eigenvalue weighted by Crippen LogP contribution is -2.10. The number of para-hydroxylation sites is 3. The third kappa shape index (κ3) is 4.47. The van der Waals surface area contributed by atoms with Crippen LogP contribution in [0.1, 0.15) is 0 Å². The van der Waals surface area contributed by atoms with Crippen molar-refractivity contribution < 1.29 is 0 Å². The highest BCUT2D eigenvalue weighted by Crippen LogP contribution is 2.44. The van der Waals surface area contributed by atoms with Gasteiger partial charge in [0.05, 0.1) is 16.7 Å². The molecule has 2 nitrogen and oxygen atoms in total. The minimum absolute atomic E-state index is 1.12. The van der Waals surface area contributed by atoms with E-state index in [2.05, 4.69) is 191 Å². The Morgan fingerprint density at radius 3 is 1.92 bits per heavy atom. The Hall–Kier alpha value is -6.16. The van der Waals surface area contributed by atoms with Crippen LogP contribution in [0.3, 0.4) is 0 Å². The summed E-state index contributed by atoms with van der Waals surface area (Å²) in [6, 6.07) is 66.1. The van der Waals surface area contributed by atoms with Gasteiger partial charge in [-0.1, -0.05) is 109 Å². The standard InChI is InChI=1S/C46H30N2S/c1-3-12-34(13-4-1)47(41-19-11-20-42-46(41)38-16-7-9-18-40(38)48(42)35-14-5-2-6-15-35)36-26-22-31(23-27-36)32-24-28-37-33(30-32)25-29-44-45(37)39-17-8-10-21-43(39)49-44/h1-30H. The molecule has 0 aliphatic heterocycles. The number of thiophene rings is 1. The lowest BCUT2D eigenvalue weighted by molar-refractivity contribution is 1.18. The van der Waals surface area contributed by atoms with Gasteiger partial charge in [-0.15, -0.1) is 11.3 Å². The van der Waals surface area contributed by atoms with Crippen LogP contribution in [0, 0.1) is 0 Å². The van der Waals surface area contributed by atoms with Crippen molar-refractivity contribution in [2.75, 3.05) is 4.90 Å². The van der Waals surface area contributed by atoms with Crippen LogP contribution in [0.4, 0.5) is 17.1 Å². The largest absolute Gasteiger partial charge is 0.310 e. The van der Waals surface area contributed by atoms with Gasteiger partial charge < -0.3 is 9.47 Å². The van der Waals surface area contributed by atoms with Crippen molar-refractivity contribution in [3.05, 3.63) is 182 Å². The molecule has 10 aromatic rings. The van der Waals surface area contributed by atoms with E-state index in [9.17, 15) is 0 Å². The van der Waals surface area contributed by atoms with E-state index < -0.39 is 0 Å². The summed E-state index contributed by atoms with van der Waals surface area (Å²) in [7, 11) is 0. The fourth-order valence-electron chi connectivity index (χ4n) is 7.58. The highest BCUT2D eigenvalue weighted by atomic mass is 32.1. The Morgan fingerprint density at radius 1 is 0.408 bits per heavy atom. The van der Waals surface area contributed by atoms with Crippen molar-refractivity contribution in [1.82, 2.24) is 4.57 Å². The van der Waals surface area contributed by atoms with E-state index >= 15 is 0 Å². The van der Waals surface area contributed by atoms with Crippen molar-refractivity contribution in [3.8, 4) is 16.8 Å². The molecule has 10 rings (SSSR count). The predicted molar refractivity (Wildman–Crippen MR) is 211 cm³/mol. The summed E-state index contributed by atoms with van der Waals surface area (Å²) < 4.78 is 5.06. The summed E-state index contributed by atoms with van der Waals surface area (Å²) in [6.07, 6.45) is 0. The monoisotopic (exact) mass is 642 g/mol. The molecular weight excluding hydrogens is 613 g/mol. The first-order valence-corrected chi connectivity index (χ1v) is 17.5. The van der Waals surface area contributed by atoms with Gasteiger partial charge in [0.25, 0.3) is 0 Å².